The second-order valence-corrected chi connectivity index (χ2v) is 2.92. The Morgan fingerprint density at radius 2 is 2.20 bits per heavy atom. The molecule has 0 spiro atoms. The number of hydrogen-bond donors (Lipinski definition) is 1. The van der Waals surface area contributed by atoms with E-state index in [-0.39, 0.29) is 24.0 Å². The molecule has 1 aliphatic rings. The van der Waals surface area contributed by atoms with Crippen LogP contribution in [0, 0.1) is 5.92 Å². The van der Waals surface area contributed by atoms with Crippen molar-refractivity contribution in [1.82, 2.24) is 0 Å². The number of ether oxygens (including phenoxy) is 1. The monoisotopic (exact) mass is 143 g/mol. The number of carbonyl (C=O) groups is 1. The Balaban J connectivity index is 2.57. The molecule has 3 nitrogen and oxygen atoms in total. The highest BCUT2D eigenvalue weighted by molar-refractivity contribution is 5.71. The third kappa shape index (κ3) is 1.29. The van der Waals surface area contributed by atoms with Crippen LogP contribution in [-0.2, 0) is 9.53 Å². The van der Waals surface area contributed by atoms with Crippen molar-refractivity contribution in [2.75, 3.05) is 0 Å². The molecule has 0 aliphatic carbocycles. The lowest BCUT2D eigenvalue weighted by atomic mass is 9.92. The van der Waals surface area contributed by atoms with Gasteiger partial charge in [-0.2, -0.15) is 0 Å². The van der Waals surface area contributed by atoms with Crippen LogP contribution in [0.5, 0.6) is 0 Å². The van der Waals surface area contributed by atoms with Crippen LogP contribution in [0.4, 0.5) is 0 Å². The molecule has 0 aromatic heterocycles. The second kappa shape index (κ2) is 2.58. The van der Waals surface area contributed by atoms with Gasteiger partial charge in [0, 0.05) is 12.0 Å². The maximum atomic E-state index is 10.7. The van der Waals surface area contributed by atoms with Crippen molar-refractivity contribution < 1.29 is 9.53 Å². The quantitative estimate of drug-likeness (QED) is 0.496. The van der Waals surface area contributed by atoms with Crippen LogP contribution in [0.25, 0.3) is 0 Å². The summed E-state index contributed by atoms with van der Waals surface area (Å²) in [5, 5.41) is 0. The molecule has 0 amide bonds. The van der Waals surface area contributed by atoms with Crippen molar-refractivity contribution in [1.29, 1.82) is 0 Å². The molecule has 3 unspecified atom stereocenters. The fourth-order valence-corrected chi connectivity index (χ4v) is 1.09. The topological polar surface area (TPSA) is 52.3 Å². The second-order valence-electron chi connectivity index (χ2n) is 2.92. The lowest BCUT2D eigenvalue weighted by molar-refractivity contribution is -0.157. The van der Waals surface area contributed by atoms with Crippen molar-refractivity contribution >= 4 is 5.97 Å². The van der Waals surface area contributed by atoms with Crippen LogP contribution in [0.1, 0.15) is 20.3 Å². The van der Waals surface area contributed by atoms with Crippen molar-refractivity contribution in [2.45, 2.75) is 32.4 Å². The van der Waals surface area contributed by atoms with Gasteiger partial charge < -0.3 is 10.5 Å². The number of cyclic esters (lactones) is 1. The van der Waals surface area contributed by atoms with Gasteiger partial charge in [0.2, 0.25) is 0 Å². The normalized spacial score (nSPS) is 41.1. The molecule has 0 bridgehead atoms. The van der Waals surface area contributed by atoms with E-state index in [9.17, 15) is 4.79 Å². The molecule has 0 aromatic rings. The molecule has 1 heterocycles. The van der Waals surface area contributed by atoms with Gasteiger partial charge in [-0.3, -0.25) is 4.79 Å². The van der Waals surface area contributed by atoms with Crippen LogP contribution in [0.3, 0.4) is 0 Å². The third-order valence-corrected chi connectivity index (χ3v) is 2.14. The zero-order valence-corrected chi connectivity index (χ0v) is 6.33. The molecule has 2 N–H and O–H groups in total. The molecule has 1 fully saturated rings. The lowest BCUT2D eigenvalue weighted by Gasteiger charge is -2.30. The smallest absolute Gasteiger partial charge is 0.307 e. The molecular formula is C7H13NO2. The first-order chi connectivity index (χ1) is 4.61. The van der Waals surface area contributed by atoms with E-state index in [4.69, 9.17) is 10.5 Å². The Bertz CT molecular complexity index is 133. The predicted molar refractivity (Wildman–Crippen MR) is 37.3 cm³/mol. The Hall–Kier alpha value is -0.570. The van der Waals surface area contributed by atoms with Gasteiger partial charge in [-0.05, 0) is 6.92 Å². The summed E-state index contributed by atoms with van der Waals surface area (Å²) in [5.41, 5.74) is 5.66. The summed E-state index contributed by atoms with van der Waals surface area (Å²) >= 11 is 0. The van der Waals surface area contributed by atoms with E-state index in [2.05, 4.69) is 0 Å². The predicted octanol–water partition coefficient (Wildman–Crippen LogP) is 0.285. The van der Waals surface area contributed by atoms with Gasteiger partial charge in [-0.25, -0.2) is 0 Å². The zero-order chi connectivity index (χ0) is 7.72. The Morgan fingerprint density at radius 1 is 1.60 bits per heavy atom. The highest BCUT2D eigenvalue weighted by Gasteiger charge is 2.30. The van der Waals surface area contributed by atoms with E-state index in [0.717, 1.165) is 0 Å². The molecule has 3 heteroatoms. The first-order valence-corrected chi connectivity index (χ1v) is 3.56. The number of carbonyl (C=O) groups excluding carboxylic acids is 1. The molecule has 1 saturated heterocycles. The summed E-state index contributed by atoms with van der Waals surface area (Å²) in [6, 6.07) is -0.0174. The number of hydrogen-bond acceptors (Lipinski definition) is 3. The van der Waals surface area contributed by atoms with Crippen molar-refractivity contribution in [2.24, 2.45) is 11.7 Å². The molecule has 0 radical (unpaired) electrons. The Morgan fingerprint density at radius 3 is 2.70 bits per heavy atom. The molecule has 0 saturated carbocycles. The summed E-state index contributed by atoms with van der Waals surface area (Å²) in [6.45, 7) is 3.88. The molecule has 3 atom stereocenters. The molecule has 1 aliphatic heterocycles. The maximum absolute atomic E-state index is 10.7. The Labute approximate surface area is 60.5 Å². The summed E-state index contributed by atoms with van der Waals surface area (Å²) in [5.74, 6) is 0.121. The standard InChI is InChI=1S/C7H13NO2/c1-4-5(2)10-7(9)3-6(4)8/h4-6H,3,8H2,1-2H3. The van der Waals surface area contributed by atoms with Crippen LogP contribution in [0.2, 0.25) is 0 Å². The zero-order valence-electron chi connectivity index (χ0n) is 6.33. The highest BCUT2D eigenvalue weighted by Crippen LogP contribution is 2.19. The van der Waals surface area contributed by atoms with Gasteiger partial charge in [-0.15, -0.1) is 0 Å². The SMILES string of the molecule is CC1OC(=O)CC(N)C1C. The molecule has 1 rings (SSSR count). The van der Waals surface area contributed by atoms with Gasteiger partial charge in [0.1, 0.15) is 6.10 Å². The lowest BCUT2D eigenvalue weighted by Crippen LogP contribution is -2.43. The number of nitrogens with two attached hydrogens (primary N) is 1. The maximum Gasteiger partial charge on any atom is 0.307 e. The van der Waals surface area contributed by atoms with E-state index in [1.807, 2.05) is 13.8 Å². The Kier molecular flexibility index (Phi) is 1.94. The molecule has 58 valence electrons. The van der Waals surface area contributed by atoms with Crippen LogP contribution in [0.15, 0.2) is 0 Å². The fraction of sp³-hybridized carbons (Fsp3) is 0.857. The summed E-state index contributed by atoms with van der Waals surface area (Å²) < 4.78 is 4.95. The van der Waals surface area contributed by atoms with E-state index in [1.165, 1.54) is 0 Å². The average molecular weight is 143 g/mol. The van der Waals surface area contributed by atoms with Crippen molar-refractivity contribution in [3.05, 3.63) is 0 Å². The van der Waals surface area contributed by atoms with E-state index in [1.54, 1.807) is 0 Å². The first-order valence-electron chi connectivity index (χ1n) is 3.56. The molecular weight excluding hydrogens is 130 g/mol. The largest absolute Gasteiger partial charge is 0.462 e. The summed E-state index contributed by atoms with van der Waals surface area (Å²) in [6.07, 6.45) is 0.349. The summed E-state index contributed by atoms with van der Waals surface area (Å²) in [7, 11) is 0. The summed E-state index contributed by atoms with van der Waals surface area (Å²) in [4.78, 5) is 10.7. The van der Waals surface area contributed by atoms with E-state index in [0.29, 0.717) is 6.42 Å². The number of rotatable bonds is 0. The minimum Gasteiger partial charge on any atom is -0.462 e. The van der Waals surface area contributed by atoms with Gasteiger partial charge in [0.05, 0.1) is 6.42 Å². The van der Waals surface area contributed by atoms with Crippen molar-refractivity contribution in [3.8, 4) is 0 Å². The first kappa shape index (κ1) is 7.54. The third-order valence-electron chi connectivity index (χ3n) is 2.14. The highest BCUT2D eigenvalue weighted by atomic mass is 16.5. The minimum absolute atomic E-state index is 0.0174. The van der Waals surface area contributed by atoms with Gasteiger partial charge in [0.15, 0.2) is 0 Å². The van der Waals surface area contributed by atoms with Gasteiger partial charge >= 0.3 is 5.97 Å². The number of esters is 1. The van der Waals surface area contributed by atoms with Crippen molar-refractivity contribution in [3.63, 3.8) is 0 Å². The van der Waals surface area contributed by atoms with E-state index < -0.39 is 0 Å². The van der Waals surface area contributed by atoms with Crippen LogP contribution < -0.4 is 5.73 Å². The molecule has 10 heavy (non-hydrogen) atoms. The van der Waals surface area contributed by atoms with Crippen LogP contribution >= 0.6 is 0 Å². The molecule has 0 aromatic carbocycles. The van der Waals surface area contributed by atoms with Crippen LogP contribution in [-0.4, -0.2) is 18.1 Å². The fourth-order valence-electron chi connectivity index (χ4n) is 1.09. The van der Waals surface area contributed by atoms with Gasteiger partial charge in [0.25, 0.3) is 0 Å². The van der Waals surface area contributed by atoms with Gasteiger partial charge in [-0.1, -0.05) is 6.92 Å². The minimum atomic E-state index is -0.168. The average Bonchev–Trinajstić information content (AvgIpc) is 1.82. The van der Waals surface area contributed by atoms with E-state index >= 15 is 0 Å².